The van der Waals surface area contributed by atoms with E-state index in [0.717, 1.165) is 0 Å². The van der Waals surface area contributed by atoms with E-state index in [0.29, 0.717) is 41.9 Å². The van der Waals surface area contributed by atoms with Crippen LogP contribution in [-0.4, -0.2) is 39.4 Å². The zero-order valence-electron chi connectivity index (χ0n) is 13.2. The number of H-pyrrole nitrogens is 1. The van der Waals surface area contributed by atoms with E-state index >= 15 is 0 Å². The minimum Gasteiger partial charge on any atom is -0.462 e. The molecular weight excluding hydrogens is 341 g/mol. The second-order valence-corrected chi connectivity index (χ2v) is 5.51. The molecule has 1 aliphatic rings. The normalized spacial score (nSPS) is 13.6. The van der Waals surface area contributed by atoms with Crippen molar-refractivity contribution in [3.63, 3.8) is 0 Å². The van der Waals surface area contributed by atoms with Crippen LogP contribution in [0.2, 0.25) is 0 Å². The van der Waals surface area contributed by atoms with Gasteiger partial charge in [0.25, 0.3) is 0 Å². The molecule has 1 amide bonds. The van der Waals surface area contributed by atoms with Gasteiger partial charge >= 0.3 is 18.1 Å². The fourth-order valence-corrected chi connectivity index (χ4v) is 2.76. The molecule has 2 aromatic heterocycles. The SMILES string of the molecule is CCOC(=O)c1cc2n(c1)CCCc1c(NC(=O)C(F)(F)F)n[nH]c1-2. The van der Waals surface area contributed by atoms with Gasteiger partial charge in [-0.05, 0) is 25.8 Å². The minimum atomic E-state index is -4.99. The van der Waals surface area contributed by atoms with Gasteiger partial charge in [0.2, 0.25) is 0 Å². The van der Waals surface area contributed by atoms with Crippen molar-refractivity contribution in [1.82, 2.24) is 14.8 Å². The first-order valence-corrected chi connectivity index (χ1v) is 7.64. The Kier molecular flexibility index (Phi) is 4.27. The molecule has 0 radical (unpaired) electrons. The summed E-state index contributed by atoms with van der Waals surface area (Å²) in [6, 6.07) is 1.59. The Balaban J connectivity index is 1.95. The highest BCUT2D eigenvalue weighted by atomic mass is 19.4. The first kappa shape index (κ1) is 17.1. The lowest BCUT2D eigenvalue weighted by atomic mass is 10.1. The number of nitrogens with zero attached hydrogens (tertiary/aromatic N) is 2. The first-order chi connectivity index (χ1) is 11.8. The summed E-state index contributed by atoms with van der Waals surface area (Å²) < 4.78 is 44.1. The van der Waals surface area contributed by atoms with Crippen LogP contribution in [-0.2, 0) is 22.5 Å². The third-order valence-corrected chi connectivity index (χ3v) is 3.85. The molecule has 7 nitrogen and oxygen atoms in total. The lowest BCUT2D eigenvalue weighted by molar-refractivity contribution is -0.167. The zero-order chi connectivity index (χ0) is 18.2. The Morgan fingerprint density at radius 2 is 2.20 bits per heavy atom. The number of rotatable bonds is 3. The van der Waals surface area contributed by atoms with E-state index in [2.05, 4.69) is 10.2 Å². The van der Waals surface area contributed by atoms with Gasteiger partial charge in [-0.2, -0.15) is 18.3 Å². The number of hydrogen-bond donors (Lipinski definition) is 2. The van der Waals surface area contributed by atoms with Crippen molar-refractivity contribution in [2.45, 2.75) is 32.5 Å². The number of carbonyl (C=O) groups is 2. The highest BCUT2D eigenvalue weighted by molar-refractivity contribution is 5.96. The Labute approximate surface area is 140 Å². The smallest absolute Gasteiger partial charge is 0.462 e. The van der Waals surface area contributed by atoms with Gasteiger partial charge in [0, 0.05) is 18.3 Å². The molecule has 3 heterocycles. The van der Waals surface area contributed by atoms with Crippen LogP contribution in [0.3, 0.4) is 0 Å². The number of hydrogen-bond acceptors (Lipinski definition) is 4. The third-order valence-electron chi connectivity index (χ3n) is 3.85. The number of aromatic amines is 1. The molecule has 10 heteroatoms. The lowest BCUT2D eigenvalue weighted by Gasteiger charge is -2.07. The number of alkyl halides is 3. The second-order valence-electron chi connectivity index (χ2n) is 5.51. The van der Waals surface area contributed by atoms with Gasteiger partial charge in [-0.3, -0.25) is 9.89 Å². The van der Waals surface area contributed by atoms with Crippen molar-refractivity contribution in [3.05, 3.63) is 23.4 Å². The number of amides is 1. The Morgan fingerprint density at radius 3 is 2.88 bits per heavy atom. The molecular formula is C15H15F3N4O3. The highest BCUT2D eigenvalue weighted by Crippen LogP contribution is 2.33. The third kappa shape index (κ3) is 3.24. The molecule has 1 aliphatic heterocycles. The zero-order valence-corrected chi connectivity index (χ0v) is 13.2. The summed E-state index contributed by atoms with van der Waals surface area (Å²) in [6.07, 6.45) is -2.30. The van der Waals surface area contributed by atoms with Crippen LogP contribution in [0.15, 0.2) is 12.3 Å². The van der Waals surface area contributed by atoms with Crippen LogP contribution >= 0.6 is 0 Å². The van der Waals surface area contributed by atoms with E-state index in [1.165, 1.54) is 0 Å². The molecule has 0 spiro atoms. The number of aryl methyl sites for hydroxylation is 1. The predicted molar refractivity (Wildman–Crippen MR) is 81.0 cm³/mol. The topological polar surface area (TPSA) is 89.0 Å². The van der Waals surface area contributed by atoms with Gasteiger partial charge in [0.05, 0.1) is 23.6 Å². The number of halogens is 3. The van der Waals surface area contributed by atoms with Crippen LogP contribution < -0.4 is 5.32 Å². The molecule has 2 aromatic rings. The fourth-order valence-electron chi connectivity index (χ4n) is 2.76. The molecule has 0 unspecified atom stereocenters. The van der Waals surface area contributed by atoms with E-state index in [1.807, 2.05) is 4.57 Å². The molecule has 0 fully saturated rings. The van der Waals surface area contributed by atoms with E-state index in [9.17, 15) is 22.8 Å². The monoisotopic (exact) mass is 356 g/mol. The minimum absolute atomic E-state index is 0.148. The number of aromatic nitrogens is 3. The van der Waals surface area contributed by atoms with Gasteiger partial charge in [-0.15, -0.1) is 0 Å². The number of esters is 1. The molecule has 0 bridgehead atoms. The largest absolute Gasteiger partial charge is 0.471 e. The first-order valence-electron chi connectivity index (χ1n) is 7.64. The van der Waals surface area contributed by atoms with Gasteiger partial charge in [0.15, 0.2) is 5.82 Å². The number of fused-ring (bicyclic) bond motifs is 3. The standard InChI is InChI=1S/C15H15F3N4O3/c1-2-25-13(23)8-6-10-11-9(4-3-5-22(10)7-8)12(21-20-11)19-14(24)15(16,17)18/h6-7H,2-5H2,1H3,(H2,19,20,21,24). The predicted octanol–water partition coefficient (Wildman–Crippen LogP) is 2.50. The van der Waals surface area contributed by atoms with Crippen LogP contribution in [0.25, 0.3) is 11.4 Å². The molecule has 25 heavy (non-hydrogen) atoms. The van der Waals surface area contributed by atoms with Gasteiger partial charge in [-0.1, -0.05) is 0 Å². The van der Waals surface area contributed by atoms with E-state index in [4.69, 9.17) is 4.74 Å². The Hall–Kier alpha value is -2.78. The van der Waals surface area contributed by atoms with Crippen molar-refractivity contribution in [2.24, 2.45) is 0 Å². The molecule has 3 rings (SSSR count). The van der Waals surface area contributed by atoms with E-state index in [-0.39, 0.29) is 12.4 Å². The van der Waals surface area contributed by atoms with Crippen molar-refractivity contribution in [3.8, 4) is 11.4 Å². The maximum absolute atomic E-state index is 12.5. The number of nitrogens with one attached hydrogen (secondary N) is 2. The summed E-state index contributed by atoms with van der Waals surface area (Å²) >= 11 is 0. The molecule has 0 aromatic carbocycles. The molecule has 0 atom stereocenters. The number of carbonyl (C=O) groups excluding carboxylic acids is 2. The van der Waals surface area contributed by atoms with Gasteiger partial charge < -0.3 is 14.6 Å². The highest BCUT2D eigenvalue weighted by Gasteiger charge is 2.39. The van der Waals surface area contributed by atoms with Gasteiger partial charge in [-0.25, -0.2) is 4.79 Å². The maximum atomic E-state index is 12.5. The van der Waals surface area contributed by atoms with Crippen LogP contribution in [0, 0.1) is 0 Å². The molecule has 0 saturated heterocycles. The van der Waals surface area contributed by atoms with Crippen molar-refractivity contribution < 1.29 is 27.5 Å². The summed E-state index contributed by atoms with van der Waals surface area (Å²) in [5.41, 5.74) is 1.91. The van der Waals surface area contributed by atoms with E-state index < -0.39 is 18.1 Å². The number of ether oxygens (including phenoxy) is 1. The van der Waals surface area contributed by atoms with E-state index in [1.54, 1.807) is 24.5 Å². The average molecular weight is 356 g/mol. The summed E-state index contributed by atoms with van der Waals surface area (Å²) in [4.78, 5) is 23.0. The summed E-state index contributed by atoms with van der Waals surface area (Å²) in [6.45, 7) is 2.51. The van der Waals surface area contributed by atoms with Crippen LogP contribution in [0.1, 0.15) is 29.3 Å². The Bertz CT molecular complexity index is 823. The number of anilines is 1. The van der Waals surface area contributed by atoms with Gasteiger partial charge in [0.1, 0.15) is 0 Å². The molecule has 0 aliphatic carbocycles. The molecule has 0 saturated carbocycles. The van der Waals surface area contributed by atoms with Crippen molar-refractivity contribution in [1.29, 1.82) is 0 Å². The lowest BCUT2D eigenvalue weighted by Crippen LogP contribution is -2.30. The van der Waals surface area contributed by atoms with Crippen molar-refractivity contribution >= 4 is 17.7 Å². The average Bonchev–Trinajstić information content (AvgIpc) is 3.08. The van der Waals surface area contributed by atoms with Crippen LogP contribution in [0.5, 0.6) is 0 Å². The summed E-state index contributed by atoms with van der Waals surface area (Å²) in [5.74, 6) is -2.70. The summed E-state index contributed by atoms with van der Waals surface area (Å²) in [7, 11) is 0. The summed E-state index contributed by atoms with van der Waals surface area (Å²) in [5, 5.41) is 8.25. The van der Waals surface area contributed by atoms with Crippen LogP contribution in [0.4, 0.5) is 19.0 Å². The maximum Gasteiger partial charge on any atom is 0.471 e. The fraction of sp³-hybridized carbons (Fsp3) is 0.400. The Morgan fingerprint density at radius 1 is 1.44 bits per heavy atom. The molecule has 2 N–H and O–H groups in total. The quantitative estimate of drug-likeness (QED) is 0.827. The molecule has 134 valence electrons. The van der Waals surface area contributed by atoms with Crippen molar-refractivity contribution in [2.75, 3.05) is 11.9 Å². The second kappa shape index (κ2) is 6.26.